The standard InChI is InChI=1S/C16H13ClF2N4O2S/c1-8-12(17)13(23(2)22-8)14(24)21-16-20-11(7-26-16)9-3-5-10(6-4-9)25-15(18)19/h3-7,15H,1-2H3,(H,20,21,24). The number of ether oxygens (including phenoxy) is 1. The van der Waals surface area contributed by atoms with Gasteiger partial charge in [-0.3, -0.25) is 14.8 Å². The molecule has 3 aromatic rings. The molecule has 1 amide bonds. The molecule has 0 radical (unpaired) electrons. The first-order chi connectivity index (χ1) is 12.3. The molecule has 2 aromatic heterocycles. The molecule has 1 N–H and O–H groups in total. The van der Waals surface area contributed by atoms with E-state index in [1.165, 1.54) is 28.2 Å². The Morgan fingerprint density at radius 1 is 1.35 bits per heavy atom. The van der Waals surface area contributed by atoms with Gasteiger partial charge in [0.25, 0.3) is 5.91 Å². The molecule has 6 nitrogen and oxygen atoms in total. The largest absolute Gasteiger partial charge is 0.435 e. The summed E-state index contributed by atoms with van der Waals surface area (Å²) in [6.07, 6.45) is 0. The Morgan fingerprint density at radius 2 is 2.04 bits per heavy atom. The lowest BCUT2D eigenvalue weighted by Crippen LogP contribution is -2.16. The molecule has 0 fully saturated rings. The van der Waals surface area contributed by atoms with Gasteiger partial charge < -0.3 is 4.74 Å². The predicted octanol–water partition coefficient (Wildman–Crippen LogP) is 4.36. The Hall–Kier alpha value is -2.52. The molecule has 0 atom stereocenters. The van der Waals surface area contributed by atoms with Gasteiger partial charge in [0.15, 0.2) is 5.13 Å². The average Bonchev–Trinajstić information content (AvgIpc) is 3.12. The summed E-state index contributed by atoms with van der Waals surface area (Å²) in [5.74, 6) is -0.353. The zero-order valence-electron chi connectivity index (χ0n) is 13.7. The molecule has 0 saturated heterocycles. The maximum Gasteiger partial charge on any atom is 0.387 e. The van der Waals surface area contributed by atoms with E-state index in [1.807, 2.05) is 0 Å². The molecule has 3 rings (SSSR count). The number of rotatable bonds is 5. The highest BCUT2D eigenvalue weighted by atomic mass is 35.5. The van der Waals surface area contributed by atoms with Crippen LogP contribution in [-0.4, -0.2) is 27.3 Å². The Balaban J connectivity index is 1.74. The summed E-state index contributed by atoms with van der Waals surface area (Å²) in [4.78, 5) is 16.7. The number of hydrogen-bond donors (Lipinski definition) is 1. The van der Waals surface area contributed by atoms with Crippen LogP contribution in [-0.2, 0) is 7.05 Å². The lowest BCUT2D eigenvalue weighted by atomic mass is 10.2. The van der Waals surface area contributed by atoms with Crippen molar-refractivity contribution in [3.63, 3.8) is 0 Å². The molecule has 26 heavy (non-hydrogen) atoms. The molecular formula is C16H13ClF2N4O2S. The van der Waals surface area contributed by atoms with Gasteiger partial charge in [0, 0.05) is 18.0 Å². The van der Waals surface area contributed by atoms with E-state index in [1.54, 1.807) is 31.5 Å². The molecule has 0 saturated carbocycles. The van der Waals surface area contributed by atoms with Gasteiger partial charge in [-0.05, 0) is 31.2 Å². The number of benzene rings is 1. The normalized spacial score (nSPS) is 11.0. The highest BCUT2D eigenvalue weighted by molar-refractivity contribution is 7.14. The van der Waals surface area contributed by atoms with E-state index in [2.05, 4.69) is 20.1 Å². The van der Waals surface area contributed by atoms with Crippen molar-refractivity contribution in [2.75, 3.05) is 5.32 Å². The van der Waals surface area contributed by atoms with Crippen molar-refractivity contribution >= 4 is 34.0 Å². The fourth-order valence-electron chi connectivity index (χ4n) is 2.31. The fraction of sp³-hybridized carbons (Fsp3) is 0.188. The lowest BCUT2D eigenvalue weighted by molar-refractivity contribution is -0.0498. The Bertz CT molecular complexity index is 940. The van der Waals surface area contributed by atoms with Crippen molar-refractivity contribution < 1.29 is 18.3 Å². The summed E-state index contributed by atoms with van der Waals surface area (Å²) in [5.41, 5.74) is 2.11. The van der Waals surface area contributed by atoms with Crippen molar-refractivity contribution in [2.45, 2.75) is 13.5 Å². The highest BCUT2D eigenvalue weighted by Gasteiger charge is 2.20. The quantitative estimate of drug-likeness (QED) is 0.693. The molecule has 10 heteroatoms. The van der Waals surface area contributed by atoms with Crippen molar-refractivity contribution in [3.8, 4) is 17.0 Å². The molecule has 0 unspecified atom stereocenters. The van der Waals surface area contributed by atoms with E-state index in [0.717, 1.165) is 0 Å². The molecule has 136 valence electrons. The van der Waals surface area contributed by atoms with Crippen molar-refractivity contribution in [1.29, 1.82) is 0 Å². The molecule has 0 bridgehead atoms. The van der Waals surface area contributed by atoms with E-state index in [-0.39, 0.29) is 16.5 Å². The molecule has 0 aliphatic heterocycles. The van der Waals surface area contributed by atoms with E-state index >= 15 is 0 Å². The summed E-state index contributed by atoms with van der Waals surface area (Å²) in [6, 6.07) is 6.08. The minimum Gasteiger partial charge on any atom is -0.435 e. The molecule has 0 spiro atoms. The Morgan fingerprint density at radius 3 is 2.62 bits per heavy atom. The van der Waals surface area contributed by atoms with Crippen LogP contribution >= 0.6 is 22.9 Å². The predicted molar refractivity (Wildman–Crippen MR) is 95.1 cm³/mol. The number of carbonyl (C=O) groups excluding carboxylic acids is 1. The van der Waals surface area contributed by atoms with Crippen LogP contribution in [0.1, 0.15) is 16.2 Å². The van der Waals surface area contributed by atoms with Crippen LogP contribution in [0.3, 0.4) is 0 Å². The third-order valence-electron chi connectivity index (χ3n) is 3.46. The van der Waals surface area contributed by atoms with Gasteiger partial charge in [-0.25, -0.2) is 4.98 Å². The summed E-state index contributed by atoms with van der Waals surface area (Å²) in [5, 5.41) is 9.19. The summed E-state index contributed by atoms with van der Waals surface area (Å²) < 4.78 is 30.1. The second-order valence-electron chi connectivity index (χ2n) is 5.27. The molecular weight excluding hydrogens is 386 g/mol. The minimum absolute atomic E-state index is 0.0636. The molecule has 2 heterocycles. The topological polar surface area (TPSA) is 69.0 Å². The van der Waals surface area contributed by atoms with Gasteiger partial charge in [0.05, 0.1) is 16.4 Å². The second-order valence-corrected chi connectivity index (χ2v) is 6.50. The third kappa shape index (κ3) is 3.83. The smallest absolute Gasteiger partial charge is 0.387 e. The van der Waals surface area contributed by atoms with E-state index in [4.69, 9.17) is 11.6 Å². The van der Waals surface area contributed by atoms with E-state index < -0.39 is 12.5 Å². The summed E-state index contributed by atoms with van der Waals surface area (Å²) in [7, 11) is 1.63. The number of anilines is 1. The molecule has 1 aromatic carbocycles. The zero-order chi connectivity index (χ0) is 18.8. The van der Waals surface area contributed by atoms with Gasteiger partial charge in [-0.1, -0.05) is 11.6 Å². The van der Waals surface area contributed by atoms with Gasteiger partial charge in [0.2, 0.25) is 0 Å². The SMILES string of the molecule is Cc1nn(C)c(C(=O)Nc2nc(-c3ccc(OC(F)F)cc3)cs2)c1Cl. The number of alkyl halides is 2. The zero-order valence-corrected chi connectivity index (χ0v) is 15.2. The number of hydrogen-bond acceptors (Lipinski definition) is 5. The fourth-order valence-corrected chi connectivity index (χ4v) is 3.27. The van der Waals surface area contributed by atoms with Crippen molar-refractivity contribution in [3.05, 3.63) is 46.1 Å². The van der Waals surface area contributed by atoms with Gasteiger partial charge in [0.1, 0.15) is 11.4 Å². The number of carbonyl (C=O) groups is 1. The number of aromatic nitrogens is 3. The third-order valence-corrected chi connectivity index (χ3v) is 4.67. The average molecular weight is 399 g/mol. The van der Waals surface area contributed by atoms with Gasteiger partial charge >= 0.3 is 6.61 Å². The number of nitrogens with zero attached hydrogens (tertiary/aromatic N) is 3. The first-order valence-electron chi connectivity index (χ1n) is 7.36. The lowest BCUT2D eigenvalue weighted by Gasteiger charge is -2.04. The van der Waals surface area contributed by atoms with E-state index in [0.29, 0.717) is 22.1 Å². The maximum atomic E-state index is 12.4. The molecule has 0 aliphatic carbocycles. The van der Waals surface area contributed by atoms with Crippen LogP contribution in [0.4, 0.5) is 13.9 Å². The number of halogens is 3. The molecule has 0 aliphatic rings. The Labute approximate surface area is 156 Å². The first-order valence-corrected chi connectivity index (χ1v) is 8.62. The van der Waals surface area contributed by atoms with Crippen LogP contribution in [0.15, 0.2) is 29.6 Å². The van der Waals surface area contributed by atoms with Crippen LogP contribution in [0, 0.1) is 6.92 Å². The summed E-state index contributed by atoms with van der Waals surface area (Å²) in [6.45, 7) is -1.16. The Kier molecular flexibility index (Phi) is 5.19. The maximum absolute atomic E-state index is 12.4. The summed E-state index contributed by atoms with van der Waals surface area (Å²) >= 11 is 7.33. The number of amides is 1. The number of aryl methyl sites for hydroxylation is 2. The van der Waals surface area contributed by atoms with Crippen molar-refractivity contribution in [1.82, 2.24) is 14.8 Å². The van der Waals surface area contributed by atoms with Crippen LogP contribution in [0.5, 0.6) is 5.75 Å². The first kappa shape index (κ1) is 18.3. The number of nitrogens with one attached hydrogen (secondary N) is 1. The highest BCUT2D eigenvalue weighted by Crippen LogP contribution is 2.28. The van der Waals surface area contributed by atoms with Crippen LogP contribution < -0.4 is 10.1 Å². The monoisotopic (exact) mass is 398 g/mol. The second kappa shape index (κ2) is 7.38. The van der Waals surface area contributed by atoms with Gasteiger partial charge in [-0.2, -0.15) is 13.9 Å². The van der Waals surface area contributed by atoms with Gasteiger partial charge in [-0.15, -0.1) is 11.3 Å². The van der Waals surface area contributed by atoms with Crippen LogP contribution in [0.2, 0.25) is 5.02 Å². The van der Waals surface area contributed by atoms with Crippen molar-refractivity contribution in [2.24, 2.45) is 7.05 Å². The minimum atomic E-state index is -2.87. The van der Waals surface area contributed by atoms with E-state index in [9.17, 15) is 13.6 Å². The number of thiazole rings is 1. The van der Waals surface area contributed by atoms with Crippen LogP contribution in [0.25, 0.3) is 11.3 Å².